The van der Waals surface area contributed by atoms with Crippen LogP contribution in [-0.4, -0.2) is 28.2 Å². The van der Waals surface area contributed by atoms with Crippen LogP contribution in [0.25, 0.3) is 0 Å². The molecule has 0 bridgehead atoms. The van der Waals surface area contributed by atoms with Gasteiger partial charge in [0.05, 0.1) is 5.02 Å². The molecule has 1 heterocycles. The number of rotatable bonds is 4. The average molecular weight is 273 g/mol. The Morgan fingerprint density at radius 2 is 2.17 bits per heavy atom. The number of carbonyl (C=O) groups excluding carboxylic acids is 1. The first-order valence-electron chi connectivity index (χ1n) is 5.99. The Morgan fingerprint density at radius 3 is 2.56 bits per heavy atom. The summed E-state index contributed by atoms with van der Waals surface area (Å²) < 4.78 is 1.69. The fourth-order valence-electron chi connectivity index (χ4n) is 1.83. The number of hydrogen-bond donors (Lipinski definition) is 2. The third-order valence-electron chi connectivity index (χ3n) is 2.97. The molecule has 18 heavy (non-hydrogen) atoms. The molecule has 0 saturated heterocycles. The molecule has 0 saturated carbocycles. The Balaban J connectivity index is 2.82. The molecule has 1 rings (SSSR count). The van der Waals surface area contributed by atoms with Gasteiger partial charge >= 0.3 is 0 Å². The molecule has 1 amide bonds. The molecule has 0 aliphatic carbocycles. The van der Waals surface area contributed by atoms with Crippen molar-refractivity contribution >= 4 is 17.5 Å². The number of aromatic nitrogens is 1. The highest BCUT2D eigenvalue weighted by atomic mass is 35.5. The Hall–Kier alpha value is -1.00. The second-order valence-corrected chi connectivity index (χ2v) is 6.00. The van der Waals surface area contributed by atoms with E-state index < -0.39 is 0 Å². The third-order valence-corrected chi connectivity index (χ3v) is 3.18. The number of nitrogens with one attached hydrogen (secondary N) is 1. The van der Waals surface area contributed by atoms with Gasteiger partial charge in [0.25, 0.3) is 5.91 Å². The van der Waals surface area contributed by atoms with Crippen LogP contribution in [0.5, 0.6) is 0 Å². The van der Waals surface area contributed by atoms with Crippen LogP contribution in [0.3, 0.4) is 0 Å². The second kappa shape index (κ2) is 5.76. The Bertz CT molecular complexity index is 421. The molecule has 4 nitrogen and oxygen atoms in total. The predicted molar refractivity (Wildman–Crippen MR) is 72.8 cm³/mol. The Kier molecular flexibility index (Phi) is 4.82. The summed E-state index contributed by atoms with van der Waals surface area (Å²) in [6, 6.07) is 1.55. The van der Waals surface area contributed by atoms with Crippen molar-refractivity contribution in [2.45, 2.75) is 33.2 Å². The lowest BCUT2D eigenvalue weighted by Crippen LogP contribution is -2.44. The number of halogens is 1. The highest BCUT2D eigenvalue weighted by Gasteiger charge is 2.26. The fraction of sp³-hybridized carbons (Fsp3) is 0.615. The van der Waals surface area contributed by atoms with Gasteiger partial charge in [0.1, 0.15) is 5.69 Å². The largest absolute Gasteiger partial charge is 0.396 e. The zero-order valence-corrected chi connectivity index (χ0v) is 12.1. The van der Waals surface area contributed by atoms with Gasteiger partial charge in [0.2, 0.25) is 0 Å². The average Bonchev–Trinajstić information content (AvgIpc) is 2.55. The van der Waals surface area contributed by atoms with E-state index in [0.717, 1.165) is 0 Å². The molecule has 0 fully saturated rings. The molecule has 0 aliphatic rings. The van der Waals surface area contributed by atoms with E-state index in [1.165, 1.54) is 0 Å². The maximum Gasteiger partial charge on any atom is 0.268 e. The first kappa shape index (κ1) is 15.1. The van der Waals surface area contributed by atoms with Crippen LogP contribution in [0.15, 0.2) is 12.3 Å². The first-order chi connectivity index (χ1) is 8.25. The predicted octanol–water partition coefficient (Wildman–Crippen LogP) is 2.21. The minimum Gasteiger partial charge on any atom is -0.396 e. The molecular weight excluding hydrogens is 252 g/mol. The molecule has 0 aliphatic heterocycles. The van der Waals surface area contributed by atoms with Gasteiger partial charge < -0.3 is 15.0 Å². The van der Waals surface area contributed by atoms with Crippen molar-refractivity contribution in [1.29, 1.82) is 0 Å². The van der Waals surface area contributed by atoms with E-state index in [0.29, 0.717) is 17.1 Å². The SMILES string of the molecule is Cn1cc(Cl)cc1C(=O)NC(CCO)C(C)(C)C. The minimum atomic E-state index is -0.169. The molecule has 1 atom stereocenters. The van der Waals surface area contributed by atoms with Gasteiger partial charge in [0.15, 0.2) is 0 Å². The van der Waals surface area contributed by atoms with E-state index in [2.05, 4.69) is 5.32 Å². The van der Waals surface area contributed by atoms with Gasteiger partial charge in [-0.2, -0.15) is 0 Å². The van der Waals surface area contributed by atoms with Crippen LogP contribution in [0.4, 0.5) is 0 Å². The smallest absolute Gasteiger partial charge is 0.268 e. The number of amides is 1. The number of hydrogen-bond acceptors (Lipinski definition) is 2. The number of aryl methyl sites for hydroxylation is 1. The van der Waals surface area contributed by atoms with Gasteiger partial charge in [-0.1, -0.05) is 32.4 Å². The van der Waals surface area contributed by atoms with Crippen LogP contribution in [0.2, 0.25) is 5.02 Å². The van der Waals surface area contributed by atoms with Crippen molar-refractivity contribution < 1.29 is 9.90 Å². The zero-order valence-electron chi connectivity index (χ0n) is 11.3. The van der Waals surface area contributed by atoms with Gasteiger partial charge in [-0.15, -0.1) is 0 Å². The number of nitrogens with zero attached hydrogens (tertiary/aromatic N) is 1. The quantitative estimate of drug-likeness (QED) is 0.883. The summed E-state index contributed by atoms with van der Waals surface area (Å²) in [5.74, 6) is -0.169. The molecule has 0 aromatic carbocycles. The summed E-state index contributed by atoms with van der Waals surface area (Å²) in [4.78, 5) is 12.1. The summed E-state index contributed by atoms with van der Waals surface area (Å²) >= 11 is 5.86. The van der Waals surface area contributed by atoms with Gasteiger partial charge in [-0.05, 0) is 17.9 Å². The second-order valence-electron chi connectivity index (χ2n) is 5.56. The molecule has 102 valence electrons. The Labute approximate surface area is 113 Å². The molecule has 1 aromatic heterocycles. The van der Waals surface area contributed by atoms with E-state index in [9.17, 15) is 4.79 Å². The molecular formula is C13H21ClN2O2. The zero-order chi connectivity index (χ0) is 13.9. The van der Waals surface area contributed by atoms with Crippen LogP contribution in [-0.2, 0) is 7.05 Å². The molecule has 1 unspecified atom stereocenters. The van der Waals surface area contributed by atoms with Gasteiger partial charge in [-0.3, -0.25) is 4.79 Å². The van der Waals surface area contributed by atoms with Crippen molar-refractivity contribution in [3.63, 3.8) is 0 Å². The minimum absolute atomic E-state index is 0.0517. The van der Waals surface area contributed by atoms with E-state index in [1.54, 1.807) is 23.9 Å². The van der Waals surface area contributed by atoms with Crippen LogP contribution < -0.4 is 5.32 Å². The van der Waals surface area contributed by atoms with Gasteiger partial charge in [0, 0.05) is 25.9 Å². The highest BCUT2D eigenvalue weighted by Crippen LogP contribution is 2.22. The summed E-state index contributed by atoms with van der Waals surface area (Å²) in [5.41, 5.74) is 0.417. The summed E-state index contributed by atoms with van der Waals surface area (Å²) in [6.45, 7) is 6.15. The monoisotopic (exact) mass is 272 g/mol. The lowest BCUT2D eigenvalue weighted by Gasteiger charge is -2.31. The summed E-state index contributed by atoms with van der Waals surface area (Å²) in [6.07, 6.45) is 2.22. The molecule has 0 radical (unpaired) electrons. The van der Waals surface area contributed by atoms with E-state index >= 15 is 0 Å². The third kappa shape index (κ3) is 3.75. The van der Waals surface area contributed by atoms with Crippen molar-refractivity contribution in [3.8, 4) is 0 Å². The lowest BCUT2D eigenvalue weighted by molar-refractivity contribution is 0.0877. The maximum absolute atomic E-state index is 12.1. The van der Waals surface area contributed by atoms with E-state index in [-0.39, 0.29) is 24.0 Å². The fourth-order valence-corrected chi connectivity index (χ4v) is 2.08. The highest BCUT2D eigenvalue weighted by molar-refractivity contribution is 6.31. The Morgan fingerprint density at radius 1 is 1.56 bits per heavy atom. The van der Waals surface area contributed by atoms with E-state index in [4.69, 9.17) is 16.7 Å². The van der Waals surface area contributed by atoms with E-state index in [1.807, 2.05) is 20.8 Å². The summed E-state index contributed by atoms with van der Waals surface area (Å²) in [5, 5.41) is 12.6. The lowest BCUT2D eigenvalue weighted by atomic mass is 9.85. The van der Waals surface area contributed by atoms with Crippen LogP contribution in [0, 0.1) is 5.41 Å². The molecule has 5 heteroatoms. The van der Waals surface area contributed by atoms with Crippen molar-refractivity contribution in [2.24, 2.45) is 12.5 Å². The molecule has 2 N–H and O–H groups in total. The van der Waals surface area contributed by atoms with Crippen LogP contribution >= 0.6 is 11.6 Å². The van der Waals surface area contributed by atoms with Crippen molar-refractivity contribution in [3.05, 3.63) is 23.0 Å². The molecule has 1 aromatic rings. The topological polar surface area (TPSA) is 54.3 Å². The number of aliphatic hydroxyl groups excluding tert-OH is 1. The normalized spacial score (nSPS) is 13.4. The van der Waals surface area contributed by atoms with Gasteiger partial charge in [-0.25, -0.2) is 0 Å². The molecule has 0 spiro atoms. The number of carbonyl (C=O) groups is 1. The maximum atomic E-state index is 12.1. The van der Waals surface area contributed by atoms with Crippen molar-refractivity contribution in [2.75, 3.05) is 6.61 Å². The standard InChI is InChI=1S/C13H21ClN2O2/c1-13(2,3)11(5-6-17)15-12(18)10-7-9(14)8-16(10)4/h7-8,11,17H,5-6H2,1-4H3,(H,15,18). The first-order valence-corrected chi connectivity index (χ1v) is 6.37. The number of aliphatic hydroxyl groups is 1. The van der Waals surface area contributed by atoms with Crippen LogP contribution in [0.1, 0.15) is 37.7 Å². The summed E-state index contributed by atoms with van der Waals surface area (Å²) in [7, 11) is 1.78. The van der Waals surface area contributed by atoms with Crippen molar-refractivity contribution in [1.82, 2.24) is 9.88 Å².